The number of methoxy groups -OCH3 is 1. The molecule has 0 fully saturated rings. The molecule has 0 saturated heterocycles. The highest BCUT2D eigenvalue weighted by molar-refractivity contribution is 6.15. The van der Waals surface area contributed by atoms with Crippen LogP contribution in [-0.2, 0) is 20.7 Å². The van der Waals surface area contributed by atoms with Crippen molar-refractivity contribution in [2.75, 3.05) is 17.3 Å². The Kier molecular flexibility index (Phi) is 5.23. The average Bonchev–Trinajstić information content (AvgIpc) is 3.02. The number of amides is 2. The Balaban J connectivity index is 1.77. The molecule has 0 spiro atoms. The van der Waals surface area contributed by atoms with E-state index in [2.05, 4.69) is 10.1 Å². The van der Waals surface area contributed by atoms with E-state index in [1.165, 1.54) is 7.11 Å². The summed E-state index contributed by atoms with van der Waals surface area (Å²) >= 11 is 0. The van der Waals surface area contributed by atoms with Gasteiger partial charge in [0.2, 0.25) is 11.8 Å². The standard InChI is InChI=1S/C22H24N2O4/c1-14-13-16-7-5-6-8-18(16)24(14)21(27)22(2,3)20(26)23-17-11-9-15(10-12-17)19(25)28-4/h5-12,14H,13H2,1-4H3,(H,23,26). The summed E-state index contributed by atoms with van der Waals surface area (Å²) in [5.41, 5.74) is 1.61. The lowest BCUT2D eigenvalue weighted by Gasteiger charge is -2.31. The molecule has 0 aliphatic carbocycles. The fourth-order valence-electron chi connectivity index (χ4n) is 3.37. The number of carbonyl (C=O) groups is 3. The van der Waals surface area contributed by atoms with Gasteiger partial charge in [-0.2, -0.15) is 0 Å². The molecule has 6 heteroatoms. The average molecular weight is 380 g/mol. The van der Waals surface area contributed by atoms with Crippen LogP contribution in [0.3, 0.4) is 0 Å². The van der Waals surface area contributed by atoms with E-state index in [-0.39, 0.29) is 11.9 Å². The van der Waals surface area contributed by atoms with Crippen LogP contribution in [0.5, 0.6) is 0 Å². The van der Waals surface area contributed by atoms with Crippen LogP contribution in [0.4, 0.5) is 11.4 Å². The van der Waals surface area contributed by atoms with Gasteiger partial charge in [0.05, 0.1) is 12.7 Å². The number of benzene rings is 2. The van der Waals surface area contributed by atoms with E-state index < -0.39 is 17.3 Å². The fraction of sp³-hybridized carbons (Fsp3) is 0.318. The molecule has 1 N–H and O–H groups in total. The first-order chi connectivity index (χ1) is 13.3. The lowest BCUT2D eigenvalue weighted by molar-refractivity contribution is -0.136. The lowest BCUT2D eigenvalue weighted by atomic mass is 9.89. The Morgan fingerprint density at radius 2 is 1.71 bits per heavy atom. The van der Waals surface area contributed by atoms with Gasteiger partial charge >= 0.3 is 5.97 Å². The van der Waals surface area contributed by atoms with Crippen LogP contribution >= 0.6 is 0 Å². The first kappa shape index (κ1) is 19.6. The van der Waals surface area contributed by atoms with Crippen molar-refractivity contribution in [3.05, 3.63) is 59.7 Å². The third-order valence-corrected chi connectivity index (χ3v) is 5.09. The Hall–Kier alpha value is -3.15. The molecule has 0 bridgehead atoms. The van der Waals surface area contributed by atoms with E-state index in [0.29, 0.717) is 11.3 Å². The van der Waals surface area contributed by atoms with Crippen LogP contribution in [0.1, 0.15) is 36.7 Å². The molecule has 0 aromatic heterocycles. The topological polar surface area (TPSA) is 75.7 Å². The molecule has 146 valence electrons. The monoisotopic (exact) mass is 380 g/mol. The molecule has 1 unspecified atom stereocenters. The van der Waals surface area contributed by atoms with Crippen molar-refractivity contribution < 1.29 is 19.1 Å². The Morgan fingerprint density at radius 1 is 1.07 bits per heavy atom. The number of nitrogens with one attached hydrogen (secondary N) is 1. The zero-order valence-electron chi connectivity index (χ0n) is 16.5. The van der Waals surface area contributed by atoms with Crippen LogP contribution in [0.2, 0.25) is 0 Å². The van der Waals surface area contributed by atoms with Gasteiger partial charge in [-0.3, -0.25) is 9.59 Å². The molecular formula is C22H24N2O4. The molecule has 1 atom stereocenters. The van der Waals surface area contributed by atoms with Gasteiger partial charge in [-0.1, -0.05) is 18.2 Å². The molecule has 6 nitrogen and oxygen atoms in total. The minimum Gasteiger partial charge on any atom is -0.465 e. The van der Waals surface area contributed by atoms with Gasteiger partial charge in [-0.25, -0.2) is 4.79 Å². The second kappa shape index (κ2) is 7.46. The lowest BCUT2D eigenvalue weighted by Crippen LogP contribution is -2.49. The first-order valence-electron chi connectivity index (χ1n) is 9.17. The smallest absolute Gasteiger partial charge is 0.337 e. The summed E-state index contributed by atoms with van der Waals surface area (Å²) in [5.74, 6) is -1.09. The number of carbonyl (C=O) groups excluding carboxylic acids is 3. The minimum absolute atomic E-state index is 0.00341. The van der Waals surface area contributed by atoms with E-state index in [9.17, 15) is 14.4 Å². The van der Waals surface area contributed by atoms with Crippen molar-refractivity contribution in [1.82, 2.24) is 0 Å². The third-order valence-electron chi connectivity index (χ3n) is 5.09. The number of rotatable bonds is 4. The molecule has 2 amide bonds. The molecule has 3 rings (SSSR count). The number of para-hydroxylation sites is 1. The number of hydrogen-bond donors (Lipinski definition) is 1. The maximum atomic E-state index is 13.3. The molecule has 2 aromatic rings. The number of esters is 1. The minimum atomic E-state index is -1.26. The molecule has 0 saturated carbocycles. The Bertz CT molecular complexity index is 918. The third kappa shape index (κ3) is 3.50. The van der Waals surface area contributed by atoms with Crippen molar-refractivity contribution in [3.8, 4) is 0 Å². The van der Waals surface area contributed by atoms with Crippen LogP contribution in [0.25, 0.3) is 0 Å². The zero-order valence-corrected chi connectivity index (χ0v) is 16.5. The summed E-state index contributed by atoms with van der Waals surface area (Å²) in [6.07, 6.45) is 0.772. The predicted octanol–water partition coefficient (Wildman–Crippen LogP) is 3.42. The summed E-state index contributed by atoms with van der Waals surface area (Å²) in [7, 11) is 1.31. The van der Waals surface area contributed by atoms with Gasteiger partial charge in [0.1, 0.15) is 5.41 Å². The zero-order chi connectivity index (χ0) is 20.5. The second-order valence-electron chi connectivity index (χ2n) is 7.51. The summed E-state index contributed by atoms with van der Waals surface area (Å²) in [6.45, 7) is 5.24. The summed E-state index contributed by atoms with van der Waals surface area (Å²) in [5, 5.41) is 2.77. The summed E-state index contributed by atoms with van der Waals surface area (Å²) < 4.78 is 4.66. The van der Waals surface area contributed by atoms with Gasteiger partial charge in [-0.15, -0.1) is 0 Å². The second-order valence-corrected chi connectivity index (χ2v) is 7.51. The molecule has 28 heavy (non-hydrogen) atoms. The number of nitrogens with zero attached hydrogens (tertiary/aromatic N) is 1. The maximum absolute atomic E-state index is 13.3. The van der Waals surface area contributed by atoms with Crippen molar-refractivity contribution >= 4 is 29.2 Å². The van der Waals surface area contributed by atoms with E-state index in [4.69, 9.17) is 0 Å². The van der Waals surface area contributed by atoms with Crippen molar-refractivity contribution in [2.45, 2.75) is 33.2 Å². The van der Waals surface area contributed by atoms with Crippen molar-refractivity contribution in [1.29, 1.82) is 0 Å². The fourth-order valence-corrected chi connectivity index (χ4v) is 3.37. The van der Waals surface area contributed by atoms with Crippen molar-refractivity contribution in [3.63, 3.8) is 0 Å². The van der Waals surface area contributed by atoms with E-state index >= 15 is 0 Å². The molecule has 2 aromatic carbocycles. The van der Waals surface area contributed by atoms with Gasteiger partial charge in [0.15, 0.2) is 0 Å². The number of fused-ring (bicyclic) bond motifs is 1. The molecular weight excluding hydrogens is 356 g/mol. The van der Waals surface area contributed by atoms with Crippen LogP contribution in [0.15, 0.2) is 48.5 Å². The summed E-state index contributed by atoms with van der Waals surface area (Å²) in [4.78, 5) is 39.4. The Morgan fingerprint density at radius 3 is 2.36 bits per heavy atom. The van der Waals surface area contributed by atoms with Gasteiger partial charge < -0.3 is 15.0 Å². The quantitative estimate of drug-likeness (QED) is 0.651. The van der Waals surface area contributed by atoms with E-state index in [0.717, 1.165) is 17.7 Å². The van der Waals surface area contributed by atoms with Gasteiger partial charge in [-0.05, 0) is 63.1 Å². The maximum Gasteiger partial charge on any atom is 0.337 e. The number of hydrogen-bond acceptors (Lipinski definition) is 4. The Labute approximate surface area is 164 Å². The molecule has 0 radical (unpaired) electrons. The van der Waals surface area contributed by atoms with Gasteiger partial charge in [0, 0.05) is 17.4 Å². The van der Waals surface area contributed by atoms with Crippen LogP contribution in [0, 0.1) is 5.41 Å². The molecule has 1 aliphatic heterocycles. The number of anilines is 2. The predicted molar refractivity (Wildman–Crippen MR) is 107 cm³/mol. The van der Waals surface area contributed by atoms with Gasteiger partial charge in [0.25, 0.3) is 0 Å². The normalized spacial score (nSPS) is 15.7. The SMILES string of the molecule is COC(=O)c1ccc(NC(=O)C(C)(C)C(=O)N2c3ccccc3CC2C)cc1. The van der Waals surface area contributed by atoms with Crippen molar-refractivity contribution in [2.24, 2.45) is 5.41 Å². The highest BCUT2D eigenvalue weighted by Gasteiger charge is 2.43. The molecule has 1 heterocycles. The highest BCUT2D eigenvalue weighted by Crippen LogP contribution is 2.35. The van der Waals surface area contributed by atoms with E-state index in [1.807, 2.05) is 31.2 Å². The van der Waals surface area contributed by atoms with Crippen LogP contribution < -0.4 is 10.2 Å². The number of ether oxygens (including phenoxy) is 1. The highest BCUT2D eigenvalue weighted by atomic mass is 16.5. The van der Waals surface area contributed by atoms with E-state index in [1.54, 1.807) is 43.0 Å². The summed E-state index contributed by atoms with van der Waals surface area (Å²) in [6, 6.07) is 14.1. The van der Waals surface area contributed by atoms with Crippen LogP contribution in [-0.4, -0.2) is 30.9 Å². The first-order valence-corrected chi connectivity index (χ1v) is 9.17. The molecule has 1 aliphatic rings. The largest absolute Gasteiger partial charge is 0.465 e.